The lowest BCUT2D eigenvalue weighted by atomic mass is 9.73. The third-order valence-corrected chi connectivity index (χ3v) is 4.60. The lowest BCUT2D eigenvalue weighted by Crippen LogP contribution is -2.59. The molecule has 2 N–H and O–H groups in total. The Hall–Kier alpha value is -1.63. The number of nitrogens with zero attached hydrogens (tertiary/aromatic N) is 1. The lowest BCUT2D eigenvalue weighted by molar-refractivity contribution is -0.141. The number of alkyl halides is 3. The second-order valence-corrected chi connectivity index (χ2v) is 6.03. The zero-order chi connectivity index (χ0) is 15.8. The van der Waals surface area contributed by atoms with Gasteiger partial charge in [-0.05, 0) is 44.4 Å². The number of carbonyl (C=O) groups is 1. The molecule has 1 aliphatic heterocycles. The smallest absolute Gasteiger partial charge is 0.351 e. The molecule has 22 heavy (non-hydrogen) atoms. The SMILES string of the molecule is O=C(Cc1cccc(C(F)(F)F)n1)NC1CCNC12CCC2. The van der Waals surface area contributed by atoms with Gasteiger partial charge >= 0.3 is 6.18 Å². The van der Waals surface area contributed by atoms with Crippen molar-refractivity contribution in [3.8, 4) is 0 Å². The predicted molar refractivity (Wildman–Crippen MR) is 74.1 cm³/mol. The van der Waals surface area contributed by atoms with Gasteiger partial charge in [0.2, 0.25) is 5.91 Å². The van der Waals surface area contributed by atoms with E-state index in [4.69, 9.17) is 0 Å². The van der Waals surface area contributed by atoms with Crippen LogP contribution in [0.15, 0.2) is 18.2 Å². The van der Waals surface area contributed by atoms with Crippen molar-refractivity contribution in [3.05, 3.63) is 29.6 Å². The topological polar surface area (TPSA) is 54.0 Å². The van der Waals surface area contributed by atoms with E-state index in [0.29, 0.717) is 0 Å². The Morgan fingerprint density at radius 1 is 1.41 bits per heavy atom. The summed E-state index contributed by atoms with van der Waals surface area (Å²) < 4.78 is 37.8. The predicted octanol–water partition coefficient (Wildman–Crippen LogP) is 2.04. The zero-order valence-corrected chi connectivity index (χ0v) is 12.0. The van der Waals surface area contributed by atoms with E-state index in [1.165, 1.54) is 12.1 Å². The summed E-state index contributed by atoms with van der Waals surface area (Å²) in [5, 5.41) is 6.39. The minimum atomic E-state index is -4.49. The van der Waals surface area contributed by atoms with Crippen molar-refractivity contribution in [1.29, 1.82) is 0 Å². The quantitative estimate of drug-likeness (QED) is 0.898. The molecule has 1 saturated heterocycles. The van der Waals surface area contributed by atoms with Gasteiger partial charge in [0.05, 0.1) is 12.1 Å². The number of amides is 1. The molecule has 1 amide bonds. The van der Waals surface area contributed by atoms with Crippen LogP contribution >= 0.6 is 0 Å². The maximum Gasteiger partial charge on any atom is 0.433 e. The van der Waals surface area contributed by atoms with Crippen LogP contribution in [0.1, 0.15) is 37.1 Å². The number of carbonyl (C=O) groups excluding carboxylic acids is 1. The van der Waals surface area contributed by atoms with Crippen molar-refractivity contribution in [2.24, 2.45) is 0 Å². The van der Waals surface area contributed by atoms with E-state index in [1.54, 1.807) is 0 Å². The number of halogens is 3. The summed E-state index contributed by atoms with van der Waals surface area (Å²) in [4.78, 5) is 15.6. The first-order chi connectivity index (χ1) is 10.4. The molecule has 0 radical (unpaired) electrons. The first-order valence-corrected chi connectivity index (χ1v) is 7.47. The number of hydrogen-bond donors (Lipinski definition) is 2. The highest BCUT2D eigenvalue weighted by atomic mass is 19.4. The number of aromatic nitrogens is 1. The van der Waals surface area contributed by atoms with Gasteiger partial charge in [0, 0.05) is 11.6 Å². The van der Waals surface area contributed by atoms with E-state index in [0.717, 1.165) is 38.3 Å². The van der Waals surface area contributed by atoms with Crippen molar-refractivity contribution in [1.82, 2.24) is 15.6 Å². The minimum absolute atomic E-state index is 0.0108. The Morgan fingerprint density at radius 2 is 2.18 bits per heavy atom. The van der Waals surface area contributed by atoms with E-state index >= 15 is 0 Å². The van der Waals surface area contributed by atoms with Gasteiger partial charge in [-0.1, -0.05) is 6.07 Å². The maximum atomic E-state index is 12.6. The van der Waals surface area contributed by atoms with Crippen molar-refractivity contribution in [3.63, 3.8) is 0 Å². The standard InChI is InChI=1S/C15H18F3N3O/c16-15(17,18)12-4-1-3-10(20-12)9-13(22)21-11-5-8-19-14(11)6-2-7-14/h1,3-4,11,19H,2,5-9H2,(H,21,22). The van der Waals surface area contributed by atoms with Crippen molar-refractivity contribution >= 4 is 5.91 Å². The van der Waals surface area contributed by atoms with Gasteiger partial charge in [-0.25, -0.2) is 4.98 Å². The van der Waals surface area contributed by atoms with E-state index in [-0.39, 0.29) is 29.6 Å². The maximum absolute atomic E-state index is 12.6. The molecular formula is C15H18F3N3O. The van der Waals surface area contributed by atoms with Gasteiger partial charge in [0.1, 0.15) is 5.69 Å². The minimum Gasteiger partial charge on any atom is -0.351 e. The van der Waals surface area contributed by atoms with Crippen LogP contribution in [0, 0.1) is 0 Å². The highest BCUT2D eigenvalue weighted by molar-refractivity contribution is 5.78. The first-order valence-electron chi connectivity index (χ1n) is 7.47. The van der Waals surface area contributed by atoms with Gasteiger partial charge in [0.25, 0.3) is 0 Å². The van der Waals surface area contributed by atoms with Gasteiger partial charge in [0.15, 0.2) is 0 Å². The molecule has 0 bridgehead atoms. The number of rotatable bonds is 3. The molecule has 1 spiro atoms. The van der Waals surface area contributed by atoms with Crippen LogP contribution in [0.4, 0.5) is 13.2 Å². The van der Waals surface area contributed by atoms with Crippen molar-refractivity contribution in [2.45, 2.75) is 49.9 Å². The first kappa shape index (κ1) is 15.3. The molecule has 7 heteroatoms. The molecule has 1 saturated carbocycles. The average Bonchev–Trinajstić information content (AvgIpc) is 2.81. The van der Waals surface area contributed by atoms with Crippen LogP contribution in [0.25, 0.3) is 0 Å². The van der Waals surface area contributed by atoms with Crippen molar-refractivity contribution < 1.29 is 18.0 Å². The van der Waals surface area contributed by atoms with E-state index in [2.05, 4.69) is 15.6 Å². The Morgan fingerprint density at radius 3 is 2.82 bits per heavy atom. The third kappa shape index (κ3) is 2.95. The average molecular weight is 313 g/mol. The van der Waals surface area contributed by atoms with Crippen LogP contribution in [0.2, 0.25) is 0 Å². The normalized spacial score (nSPS) is 23.3. The summed E-state index contributed by atoms with van der Waals surface area (Å²) in [7, 11) is 0. The molecule has 3 rings (SSSR count). The number of nitrogens with one attached hydrogen (secondary N) is 2. The van der Waals surface area contributed by atoms with Crippen LogP contribution in [-0.4, -0.2) is 29.0 Å². The fourth-order valence-electron chi connectivity index (χ4n) is 3.30. The van der Waals surface area contributed by atoms with E-state index in [9.17, 15) is 18.0 Å². The molecule has 4 nitrogen and oxygen atoms in total. The highest BCUT2D eigenvalue weighted by Crippen LogP contribution is 2.39. The van der Waals surface area contributed by atoms with Crippen molar-refractivity contribution in [2.75, 3.05) is 6.54 Å². The Labute approximate surface area is 126 Å². The van der Waals surface area contributed by atoms with Gasteiger partial charge in [-0.3, -0.25) is 4.79 Å². The van der Waals surface area contributed by atoms with Gasteiger partial charge in [-0.2, -0.15) is 13.2 Å². The van der Waals surface area contributed by atoms with Crippen LogP contribution in [-0.2, 0) is 17.4 Å². The second kappa shape index (κ2) is 5.53. The summed E-state index contributed by atoms with van der Waals surface area (Å²) in [5.41, 5.74) is -0.812. The molecule has 1 aliphatic carbocycles. The summed E-state index contributed by atoms with van der Waals surface area (Å²) >= 11 is 0. The van der Waals surface area contributed by atoms with Gasteiger partial charge < -0.3 is 10.6 Å². The van der Waals surface area contributed by atoms with Gasteiger partial charge in [-0.15, -0.1) is 0 Å². The molecule has 120 valence electrons. The molecule has 1 atom stereocenters. The third-order valence-electron chi connectivity index (χ3n) is 4.60. The molecule has 2 aliphatic rings. The van der Waals surface area contributed by atoms with Crippen LogP contribution < -0.4 is 10.6 Å². The van der Waals surface area contributed by atoms with E-state index < -0.39 is 11.9 Å². The lowest BCUT2D eigenvalue weighted by Gasteiger charge is -2.43. The molecule has 1 aromatic rings. The molecule has 2 heterocycles. The molecule has 1 aromatic heterocycles. The monoisotopic (exact) mass is 313 g/mol. The summed E-state index contributed by atoms with van der Waals surface area (Å²) in [6.07, 6.45) is -0.524. The number of pyridine rings is 1. The van der Waals surface area contributed by atoms with E-state index in [1.807, 2.05) is 0 Å². The molecule has 2 fully saturated rings. The second-order valence-electron chi connectivity index (χ2n) is 6.03. The molecule has 1 unspecified atom stereocenters. The van der Waals surface area contributed by atoms with Crippen LogP contribution in [0.3, 0.4) is 0 Å². The fraction of sp³-hybridized carbons (Fsp3) is 0.600. The highest BCUT2D eigenvalue weighted by Gasteiger charge is 2.47. The Kier molecular flexibility index (Phi) is 3.84. The Bertz CT molecular complexity index is 569. The van der Waals surface area contributed by atoms with Crippen LogP contribution in [0.5, 0.6) is 0 Å². The largest absolute Gasteiger partial charge is 0.433 e. The summed E-state index contributed by atoms with van der Waals surface area (Å²) in [6.45, 7) is 0.868. The summed E-state index contributed by atoms with van der Waals surface area (Å²) in [6, 6.07) is 3.70. The summed E-state index contributed by atoms with van der Waals surface area (Å²) in [5.74, 6) is -0.271. The molecular weight excluding hydrogens is 295 g/mol. The molecule has 0 aromatic carbocycles. The fourth-order valence-corrected chi connectivity index (χ4v) is 3.30. The Balaban J connectivity index is 1.62. The number of hydrogen-bond acceptors (Lipinski definition) is 3. The zero-order valence-electron chi connectivity index (χ0n) is 12.0.